The predicted molar refractivity (Wildman–Crippen MR) is 84.5 cm³/mol. The van der Waals surface area contributed by atoms with Gasteiger partial charge in [-0.15, -0.1) is 0 Å². The van der Waals surface area contributed by atoms with Gasteiger partial charge >= 0.3 is 0 Å². The van der Waals surface area contributed by atoms with Crippen LogP contribution < -0.4 is 5.32 Å². The summed E-state index contributed by atoms with van der Waals surface area (Å²) >= 11 is 0. The molecule has 1 N–H and O–H groups in total. The van der Waals surface area contributed by atoms with Crippen LogP contribution in [0.25, 0.3) is 0 Å². The van der Waals surface area contributed by atoms with E-state index in [2.05, 4.69) is 12.2 Å². The smallest absolute Gasteiger partial charge is 0.242 e. The molecule has 0 spiro atoms. The van der Waals surface area contributed by atoms with E-state index in [0.717, 1.165) is 38.8 Å². The average Bonchev–Trinajstić information content (AvgIpc) is 2.59. The molecule has 2 aliphatic rings. The lowest BCUT2D eigenvalue weighted by molar-refractivity contribution is -0.142. The third-order valence-corrected chi connectivity index (χ3v) is 4.60. The molecule has 0 aromatic heterocycles. The number of piperidine rings is 1. The summed E-state index contributed by atoms with van der Waals surface area (Å²) < 4.78 is 5.35. The first-order valence-corrected chi connectivity index (χ1v) is 8.48. The predicted octanol–water partition coefficient (Wildman–Crippen LogP) is 0.472. The van der Waals surface area contributed by atoms with E-state index < -0.39 is 0 Å². The van der Waals surface area contributed by atoms with E-state index in [4.69, 9.17) is 4.74 Å². The summed E-state index contributed by atoms with van der Waals surface area (Å²) in [7, 11) is 1.89. The zero-order valence-corrected chi connectivity index (χ0v) is 13.8. The first-order valence-electron chi connectivity index (χ1n) is 8.48. The van der Waals surface area contributed by atoms with Crippen LogP contribution in [0.5, 0.6) is 0 Å². The van der Waals surface area contributed by atoms with Crippen LogP contribution in [-0.2, 0) is 14.3 Å². The first kappa shape index (κ1) is 17.2. The SMILES string of the molecule is CCCCN(C)C(=O)C1CCN(C(=O)C2COCCN2)CC1. The largest absolute Gasteiger partial charge is 0.378 e. The Morgan fingerprint density at radius 3 is 2.64 bits per heavy atom. The van der Waals surface area contributed by atoms with Crippen LogP contribution in [0.1, 0.15) is 32.6 Å². The highest BCUT2D eigenvalue weighted by Crippen LogP contribution is 2.20. The number of hydrogen-bond donors (Lipinski definition) is 1. The van der Waals surface area contributed by atoms with Gasteiger partial charge in [0.25, 0.3) is 0 Å². The second kappa shape index (κ2) is 8.48. The van der Waals surface area contributed by atoms with Crippen LogP contribution in [0.2, 0.25) is 0 Å². The number of nitrogens with one attached hydrogen (secondary N) is 1. The molecule has 6 nitrogen and oxygen atoms in total. The van der Waals surface area contributed by atoms with Crippen LogP contribution in [0.4, 0.5) is 0 Å². The van der Waals surface area contributed by atoms with E-state index >= 15 is 0 Å². The van der Waals surface area contributed by atoms with Gasteiger partial charge in [-0.2, -0.15) is 0 Å². The van der Waals surface area contributed by atoms with Gasteiger partial charge in [0.05, 0.1) is 13.2 Å². The van der Waals surface area contributed by atoms with Crippen molar-refractivity contribution in [3.8, 4) is 0 Å². The molecule has 0 aromatic carbocycles. The average molecular weight is 311 g/mol. The zero-order chi connectivity index (χ0) is 15.9. The first-order chi connectivity index (χ1) is 10.6. The minimum Gasteiger partial charge on any atom is -0.378 e. The third-order valence-electron chi connectivity index (χ3n) is 4.60. The Labute approximate surface area is 133 Å². The number of nitrogens with zero attached hydrogens (tertiary/aromatic N) is 2. The Morgan fingerprint density at radius 1 is 1.32 bits per heavy atom. The van der Waals surface area contributed by atoms with Crippen LogP contribution in [0.15, 0.2) is 0 Å². The Bertz CT molecular complexity index is 375. The third kappa shape index (κ3) is 4.43. The van der Waals surface area contributed by atoms with Gasteiger partial charge in [-0.3, -0.25) is 9.59 Å². The van der Waals surface area contributed by atoms with Gasteiger partial charge in [0.2, 0.25) is 11.8 Å². The van der Waals surface area contributed by atoms with Crippen molar-refractivity contribution < 1.29 is 14.3 Å². The summed E-state index contributed by atoms with van der Waals surface area (Å²) in [5.41, 5.74) is 0. The van der Waals surface area contributed by atoms with Crippen LogP contribution in [0, 0.1) is 5.92 Å². The maximum Gasteiger partial charge on any atom is 0.242 e. The maximum atomic E-state index is 12.4. The molecule has 2 heterocycles. The highest BCUT2D eigenvalue weighted by Gasteiger charge is 2.32. The van der Waals surface area contributed by atoms with Crippen molar-refractivity contribution >= 4 is 11.8 Å². The summed E-state index contributed by atoms with van der Waals surface area (Å²) in [4.78, 5) is 28.5. The number of amides is 2. The van der Waals surface area contributed by atoms with Crippen molar-refractivity contribution in [3.63, 3.8) is 0 Å². The van der Waals surface area contributed by atoms with Gasteiger partial charge in [-0.1, -0.05) is 13.3 Å². The monoisotopic (exact) mass is 311 g/mol. The summed E-state index contributed by atoms with van der Waals surface area (Å²) in [5, 5.41) is 3.20. The van der Waals surface area contributed by atoms with Crippen LogP contribution in [-0.4, -0.2) is 74.1 Å². The number of morpholine rings is 1. The van der Waals surface area contributed by atoms with Crippen molar-refractivity contribution in [3.05, 3.63) is 0 Å². The van der Waals surface area contributed by atoms with Gasteiger partial charge in [0.15, 0.2) is 0 Å². The number of carbonyl (C=O) groups excluding carboxylic acids is 2. The highest BCUT2D eigenvalue weighted by atomic mass is 16.5. The lowest BCUT2D eigenvalue weighted by atomic mass is 9.94. The zero-order valence-electron chi connectivity index (χ0n) is 13.8. The standard InChI is InChI=1S/C16H29N3O3/c1-3-4-8-18(2)15(20)13-5-9-19(10-6-13)16(21)14-12-22-11-7-17-14/h13-14,17H,3-12H2,1-2H3. The molecule has 0 aliphatic carbocycles. The number of carbonyl (C=O) groups is 2. The molecular formula is C16H29N3O3. The van der Waals surface area contributed by atoms with Crippen molar-refractivity contribution in [2.75, 3.05) is 46.4 Å². The Hall–Kier alpha value is -1.14. The van der Waals surface area contributed by atoms with Gasteiger partial charge in [0, 0.05) is 39.1 Å². The van der Waals surface area contributed by atoms with E-state index in [9.17, 15) is 9.59 Å². The Morgan fingerprint density at radius 2 is 2.05 bits per heavy atom. The molecule has 2 aliphatic heterocycles. The highest BCUT2D eigenvalue weighted by molar-refractivity contribution is 5.83. The van der Waals surface area contributed by atoms with Crippen molar-refractivity contribution in [1.82, 2.24) is 15.1 Å². The van der Waals surface area contributed by atoms with E-state index in [-0.39, 0.29) is 23.8 Å². The topological polar surface area (TPSA) is 61.9 Å². The molecule has 126 valence electrons. The van der Waals surface area contributed by atoms with E-state index in [0.29, 0.717) is 26.3 Å². The Balaban J connectivity index is 1.77. The molecule has 6 heteroatoms. The molecule has 22 heavy (non-hydrogen) atoms. The summed E-state index contributed by atoms with van der Waals surface area (Å²) in [5.74, 6) is 0.422. The molecule has 0 radical (unpaired) electrons. The fourth-order valence-electron chi connectivity index (χ4n) is 3.11. The van der Waals surface area contributed by atoms with Crippen molar-refractivity contribution in [2.24, 2.45) is 5.92 Å². The maximum absolute atomic E-state index is 12.4. The van der Waals surface area contributed by atoms with Crippen LogP contribution >= 0.6 is 0 Å². The van der Waals surface area contributed by atoms with Crippen molar-refractivity contribution in [2.45, 2.75) is 38.6 Å². The number of likely N-dealkylation sites (tertiary alicyclic amines) is 1. The molecule has 2 rings (SSSR count). The van der Waals surface area contributed by atoms with Crippen LogP contribution in [0.3, 0.4) is 0 Å². The minimum absolute atomic E-state index is 0.0708. The summed E-state index contributed by atoms with van der Waals surface area (Å²) in [6.45, 7) is 6.17. The van der Waals surface area contributed by atoms with E-state index in [1.165, 1.54) is 0 Å². The summed E-state index contributed by atoms with van der Waals surface area (Å²) in [6.07, 6.45) is 3.69. The van der Waals surface area contributed by atoms with E-state index in [1.54, 1.807) is 0 Å². The quantitative estimate of drug-likeness (QED) is 0.802. The number of ether oxygens (including phenoxy) is 1. The minimum atomic E-state index is -0.215. The van der Waals surface area contributed by atoms with Gasteiger partial charge in [0.1, 0.15) is 6.04 Å². The fourth-order valence-corrected chi connectivity index (χ4v) is 3.11. The Kier molecular flexibility index (Phi) is 6.64. The lowest BCUT2D eigenvalue weighted by Crippen LogP contribution is -2.54. The molecular weight excluding hydrogens is 282 g/mol. The fraction of sp³-hybridized carbons (Fsp3) is 0.875. The number of hydrogen-bond acceptors (Lipinski definition) is 4. The molecule has 2 fully saturated rings. The molecule has 2 amide bonds. The van der Waals surface area contributed by atoms with Gasteiger partial charge in [-0.25, -0.2) is 0 Å². The molecule has 0 saturated carbocycles. The molecule has 1 atom stereocenters. The molecule has 2 saturated heterocycles. The number of rotatable bonds is 5. The normalized spacial score (nSPS) is 23.4. The van der Waals surface area contributed by atoms with Crippen molar-refractivity contribution in [1.29, 1.82) is 0 Å². The second-order valence-electron chi connectivity index (χ2n) is 6.29. The summed E-state index contributed by atoms with van der Waals surface area (Å²) in [6, 6.07) is -0.215. The van der Waals surface area contributed by atoms with E-state index in [1.807, 2.05) is 16.8 Å². The number of unbranched alkanes of at least 4 members (excludes halogenated alkanes) is 1. The molecule has 0 bridgehead atoms. The second-order valence-corrected chi connectivity index (χ2v) is 6.29. The van der Waals surface area contributed by atoms with Gasteiger partial charge in [-0.05, 0) is 19.3 Å². The molecule has 1 unspecified atom stereocenters. The molecule has 0 aromatic rings. The lowest BCUT2D eigenvalue weighted by Gasteiger charge is -2.36. The van der Waals surface area contributed by atoms with Gasteiger partial charge < -0.3 is 19.9 Å².